The zero-order valence-electron chi connectivity index (χ0n) is 18.6. The van der Waals surface area contributed by atoms with Gasteiger partial charge in [0, 0.05) is 24.8 Å². The number of amides is 2. The maximum absolute atomic E-state index is 13.0. The number of hydrogen-bond donors (Lipinski definition) is 2. The van der Waals surface area contributed by atoms with Gasteiger partial charge in [-0.2, -0.15) is 5.10 Å². The first-order valence-corrected chi connectivity index (χ1v) is 11.1. The molecule has 2 amide bonds. The van der Waals surface area contributed by atoms with Crippen molar-refractivity contribution >= 4 is 23.4 Å². The van der Waals surface area contributed by atoms with Crippen LogP contribution in [0, 0.1) is 5.92 Å². The summed E-state index contributed by atoms with van der Waals surface area (Å²) < 4.78 is 0. The minimum Gasteiger partial charge on any atom is -0.344 e. The Morgan fingerprint density at radius 2 is 1.78 bits per heavy atom. The van der Waals surface area contributed by atoms with Gasteiger partial charge >= 0.3 is 0 Å². The normalized spacial score (nSPS) is 11.9. The van der Waals surface area contributed by atoms with Gasteiger partial charge in [0.1, 0.15) is 6.04 Å². The Kier molecular flexibility index (Phi) is 8.06. The molecule has 0 fully saturated rings. The van der Waals surface area contributed by atoms with E-state index in [1.807, 2.05) is 50.2 Å². The first-order chi connectivity index (χ1) is 15.4. The van der Waals surface area contributed by atoms with Crippen LogP contribution >= 0.6 is 11.6 Å². The third-order valence-electron chi connectivity index (χ3n) is 5.35. The van der Waals surface area contributed by atoms with E-state index in [2.05, 4.69) is 15.5 Å². The summed E-state index contributed by atoms with van der Waals surface area (Å²) in [6.45, 7) is 4.40. The second-order valence-electron chi connectivity index (χ2n) is 8.18. The highest BCUT2D eigenvalue weighted by atomic mass is 35.5. The minimum atomic E-state index is -0.624. The monoisotopic (exact) mass is 452 g/mol. The lowest BCUT2D eigenvalue weighted by atomic mass is 10.0. The van der Waals surface area contributed by atoms with Crippen LogP contribution in [0.4, 0.5) is 0 Å². The molecule has 0 bridgehead atoms. The first-order valence-electron chi connectivity index (χ1n) is 10.8. The van der Waals surface area contributed by atoms with Crippen molar-refractivity contribution in [1.29, 1.82) is 0 Å². The quantitative estimate of drug-likeness (QED) is 0.499. The fourth-order valence-corrected chi connectivity index (χ4v) is 3.70. The van der Waals surface area contributed by atoms with E-state index in [-0.39, 0.29) is 17.7 Å². The number of likely N-dealkylation sites (N-methyl/N-ethyl adjacent to an activating group) is 1. The van der Waals surface area contributed by atoms with Gasteiger partial charge in [-0.1, -0.05) is 67.9 Å². The molecule has 3 aromatic rings. The fourth-order valence-electron chi connectivity index (χ4n) is 3.48. The minimum absolute atomic E-state index is 0.0579. The largest absolute Gasteiger partial charge is 0.344 e. The molecule has 1 atom stereocenters. The molecule has 7 heteroatoms. The van der Waals surface area contributed by atoms with Gasteiger partial charge in [-0.25, -0.2) is 0 Å². The van der Waals surface area contributed by atoms with Crippen molar-refractivity contribution in [3.63, 3.8) is 0 Å². The summed E-state index contributed by atoms with van der Waals surface area (Å²) in [6, 6.07) is 18.2. The van der Waals surface area contributed by atoms with Gasteiger partial charge < -0.3 is 10.2 Å². The van der Waals surface area contributed by atoms with Crippen LogP contribution < -0.4 is 5.32 Å². The van der Waals surface area contributed by atoms with E-state index in [4.69, 9.17) is 11.6 Å². The molecule has 0 spiro atoms. The lowest BCUT2D eigenvalue weighted by Crippen LogP contribution is -2.50. The van der Waals surface area contributed by atoms with Crippen molar-refractivity contribution < 1.29 is 9.59 Å². The summed E-state index contributed by atoms with van der Waals surface area (Å²) in [5.41, 5.74) is 3.37. The average Bonchev–Trinajstić information content (AvgIpc) is 3.26. The molecule has 1 aromatic heterocycles. The van der Waals surface area contributed by atoms with E-state index in [0.717, 1.165) is 29.8 Å². The molecule has 1 heterocycles. The van der Waals surface area contributed by atoms with Gasteiger partial charge in [0.05, 0.1) is 16.3 Å². The number of hydrogen-bond acceptors (Lipinski definition) is 3. The fraction of sp³-hybridized carbons (Fsp3) is 0.320. The number of nitrogens with zero attached hydrogens (tertiary/aromatic N) is 2. The van der Waals surface area contributed by atoms with E-state index in [0.29, 0.717) is 17.1 Å². The van der Waals surface area contributed by atoms with Crippen molar-refractivity contribution in [3.05, 3.63) is 76.9 Å². The van der Waals surface area contributed by atoms with Crippen molar-refractivity contribution in [2.24, 2.45) is 5.92 Å². The van der Waals surface area contributed by atoms with Crippen LogP contribution in [0.25, 0.3) is 11.3 Å². The van der Waals surface area contributed by atoms with E-state index >= 15 is 0 Å². The highest BCUT2D eigenvalue weighted by Gasteiger charge is 2.27. The van der Waals surface area contributed by atoms with Gasteiger partial charge in [-0.05, 0) is 37.0 Å². The van der Waals surface area contributed by atoms with E-state index < -0.39 is 6.04 Å². The van der Waals surface area contributed by atoms with Gasteiger partial charge in [-0.3, -0.25) is 14.7 Å². The number of aromatic amines is 1. The van der Waals surface area contributed by atoms with Gasteiger partial charge in [0.15, 0.2) is 0 Å². The van der Waals surface area contributed by atoms with Gasteiger partial charge in [0.25, 0.3) is 5.91 Å². The number of nitrogens with one attached hydrogen (secondary N) is 2. The predicted molar refractivity (Wildman–Crippen MR) is 128 cm³/mol. The maximum Gasteiger partial charge on any atom is 0.253 e. The van der Waals surface area contributed by atoms with Crippen molar-refractivity contribution in [2.45, 2.75) is 32.7 Å². The van der Waals surface area contributed by atoms with Crippen LogP contribution in [0.2, 0.25) is 5.02 Å². The molecule has 2 N–H and O–H groups in total. The second kappa shape index (κ2) is 11.0. The standard InChI is InChI=1S/C25H29ClN4O2/c1-17(2)23(27-24(31)20-13-7-8-14-21(20)26)25(32)30(3)15-9-12-19-16-22(29-28-19)18-10-5-4-6-11-18/h4-8,10-11,13-14,16-17,23H,9,12,15H2,1-3H3,(H,27,31)(H,28,29). The molecule has 0 aliphatic heterocycles. The zero-order valence-corrected chi connectivity index (χ0v) is 19.4. The van der Waals surface area contributed by atoms with Crippen molar-refractivity contribution in [1.82, 2.24) is 20.4 Å². The van der Waals surface area contributed by atoms with Crippen LogP contribution in [0.15, 0.2) is 60.7 Å². The Bertz CT molecular complexity index is 1050. The smallest absolute Gasteiger partial charge is 0.253 e. The predicted octanol–water partition coefficient (Wildman–Crippen LogP) is 4.58. The summed E-state index contributed by atoms with van der Waals surface area (Å²) in [6.07, 6.45) is 1.55. The Balaban J connectivity index is 1.54. The molecule has 32 heavy (non-hydrogen) atoms. The Labute approximate surface area is 194 Å². The summed E-state index contributed by atoms with van der Waals surface area (Å²) in [5.74, 6) is -0.519. The van der Waals surface area contributed by atoms with Crippen LogP contribution in [0.5, 0.6) is 0 Å². The first kappa shape index (κ1) is 23.5. The molecule has 0 saturated carbocycles. The maximum atomic E-state index is 13.0. The molecular formula is C25H29ClN4O2. The topological polar surface area (TPSA) is 78.1 Å². The summed E-state index contributed by atoms with van der Waals surface area (Å²) >= 11 is 6.13. The molecule has 168 valence electrons. The lowest BCUT2D eigenvalue weighted by molar-refractivity contribution is -0.133. The highest BCUT2D eigenvalue weighted by Crippen LogP contribution is 2.18. The molecular weight excluding hydrogens is 424 g/mol. The Morgan fingerprint density at radius 3 is 2.47 bits per heavy atom. The highest BCUT2D eigenvalue weighted by molar-refractivity contribution is 6.33. The molecule has 2 aromatic carbocycles. The molecule has 0 saturated heterocycles. The summed E-state index contributed by atoms with van der Waals surface area (Å²) in [4.78, 5) is 27.3. The number of halogens is 1. The average molecular weight is 453 g/mol. The third kappa shape index (κ3) is 5.98. The number of benzene rings is 2. The number of carbonyl (C=O) groups is 2. The Morgan fingerprint density at radius 1 is 1.09 bits per heavy atom. The molecule has 0 aliphatic rings. The summed E-state index contributed by atoms with van der Waals surface area (Å²) in [7, 11) is 1.77. The number of carbonyl (C=O) groups excluding carboxylic acids is 2. The van der Waals surface area contributed by atoms with Crippen LogP contribution in [0.1, 0.15) is 36.3 Å². The second-order valence-corrected chi connectivity index (χ2v) is 8.59. The molecule has 3 rings (SSSR count). The molecule has 0 aliphatic carbocycles. The molecule has 0 radical (unpaired) electrons. The SMILES string of the molecule is CC(C)C(NC(=O)c1ccccc1Cl)C(=O)N(C)CCCc1cc(-c2ccccc2)n[nH]1. The molecule has 6 nitrogen and oxygen atoms in total. The van der Waals surface area contributed by atoms with Crippen molar-refractivity contribution in [3.8, 4) is 11.3 Å². The number of rotatable bonds is 9. The zero-order chi connectivity index (χ0) is 23.1. The number of aryl methyl sites for hydroxylation is 1. The van der Waals surface area contributed by atoms with Crippen LogP contribution in [-0.2, 0) is 11.2 Å². The van der Waals surface area contributed by atoms with Gasteiger partial charge in [-0.15, -0.1) is 0 Å². The summed E-state index contributed by atoms with van der Waals surface area (Å²) in [5, 5.41) is 10.7. The lowest BCUT2D eigenvalue weighted by Gasteiger charge is -2.27. The van der Waals surface area contributed by atoms with Gasteiger partial charge in [0.2, 0.25) is 5.91 Å². The number of H-pyrrole nitrogens is 1. The molecule has 1 unspecified atom stereocenters. The Hall–Kier alpha value is -3.12. The number of aromatic nitrogens is 2. The van der Waals surface area contributed by atoms with Crippen molar-refractivity contribution in [2.75, 3.05) is 13.6 Å². The van der Waals surface area contributed by atoms with Crippen LogP contribution in [0.3, 0.4) is 0 Å². The van der Waals surface area contributed by atoms with E-state index in [9.17, 15) is 9.59 Å². The third-order valence-corrected chi connectivity index (χ3v) is 5.68. The van der Waals surface area contributed by atoms with E-state index in [1.165, 1.54) is 0 Å². The van der Waals surface area contributed by atoms with E-state index in [1.54, 1.807) is 36.2 Å². The van der Waals surface area contributed by atoms with Crippen LogP contribution in [-0.4, -0.2) is 46.5 Å².